The van der Waals surface area contributed by atoms with Gasteiger partial charge in [-0.3, -0.25) is 0 Å². The van der Waals surface area contributed by atoms with Crippen LogP contribution in [0.2, 0.25) is 0 Å². The van der Waals surface area contributed by atoms with Crippen LogP contribution < -0.4 is 0 Å². The lowest BCUT2D eigenvalue weighted by Crippen LogP contribution is -1.96. The normalized spacial score (nSPS) is 13.9. The third-order valence-corrected chi connectivity index (χ3v) is 5.13. The van der Waals surface area contributed by atoms with Crippen molar-refractivity contribution in [3.8, 4) is 6.07 Å². The third-order valence-electron chi connectivity index (χ3n) is 5.13. The predicted molar refractivity (Wildman–Crippen MR) is 113 cm³/mol. The van der Waals surface area contributed by atoms with Crippen LogP contribution in [0.4, 0.5) is 0 Å². The lowest BCUT2D eigenvalue weighted by molar-refractivity contribution is 0.860. The van der Waals surface area contributed by atoms with Crippen molar-refractivity contribution in [2.24, 2.45) is 0 Å². The largest absolute Gasteiger partial charge is 0.193 e. The van der Waals surface area contributed by atoms with Crippen LogP contribution in [0.3, 0.4) is 0 Å². The van der Waals surface area contributed by atoms with E-state index in [4.69, 9.17) is 5.26 Å². The lowest BCUT2D eigenvalue weighted by atomic mass is 9.87. The number of rotatable bonds is 3. The van der Waals surface area contributed by atoms with Crippen LogP contribution in [-0.4, -0.2) is 0 Å². The van der Waals surface area contributed by atoms with E-state index in [9.17, 15) is 0 Å². The molecule has 3 aromatic carbocycles. The quantitative estimate of drug-likeness (QED) is 0.495. The Morgan fingerprint density at radius 2 is 1.48 bits per heavy atom. The monoisotopic (exact) mass is 347 g/mol. The molecule has 1 nitrogen and oxygen atoms in total. The Bertz CT molecular complexity index is 1030. The van der Waals surface area contributed by atoms with Crippen molar-refractivity contribution in [1.82, 2.24) is 0 Å². The Morgan fingerprint density at radius 1 is 0.741 bits per heavy atom. The van der Waals surface area contributed by atoms with Crippen LogP contribution in [0, 0.1) is 11.3 Å². The predicted octanol–water partition coefficient (Wildman–Crippen LogP) is 6.52. The summed E-state index contributed by atoms with van der Waals surface area (Å²) in [6.07, 6.45) is 6.71. The molecule has 1 aliphatic rings. The molecule has 0 spiro atoms. The summed E-state index contributed by atoms with van der Waals surface area (Å²) < 4.78 is 0. The zero-order valence-electron chi connectivity index (χ0n) is 15.2. The Labute approximate surface area is 160 Å². The van der Waals surface area contributed by atoms with Crippen LogP contribution in [0.25, 0.3) is 17.2 Å². The first-order chi connectivity index (χ1) is 13.4. The zero-order chi connectivity index (χ0) is 18.5. The summed E-state index contributed by atoms with van der Waals surface area (Å²) in [5.74, 6) is 0. The number of allylic oxidation sites excluding steroid dienone is 2. The topological polar surface area (TPSA) is 23.8 Å². The van der Waals surface area contributed by atoms with E-state index in [1.54, 1.807) is 0 Å². The molecule has 4 rings (SSSR count). The third kappa shape index (κ3) is 3.61. The van der Waals surface area contributed by atoms with Crippen LogP contribution >= 0.6 is 0 Å². The minimum absolute atomic E-state index is 1.05. The van der Waals surface area contributed by atoms with Crippen molar-refractivity contribution < 1.29 is 0 Å². The highest BCUT2D eigenvalue weighted by Gasteiger charge is 2.19. The molecule has 0 saturated heterocycles. The SMILES string of the molecule is N#C/C=C/c1ccc(C2=C(c3ccccc3)CCCc3ccccc32)cc1. The van der Waals surface area contributed by atoms with Gasteiger partial charge < -0.3 is 0 Å². The van der Waals surface area contributed by atoms with Crippen molar-refractivity contribution in [2.45, 2.75) is 19.3 Å². The van der Waals surface area contributed by atoms with Crippen molar-refractivity contribution in [1.29, 1.82) is 5.26 Å². The van der Waals surface area contributed by atoms with Gasteiger partial charge in [-0.15, -0.1) is 0 Å². The molecule has 0 bridgehead atoms. The van der Waals surface area contributed by atoms with Crippen molar-refractivity contribution in [2.75, 3.05) is 0 Å². The van der Waals surface area contributed by atoms with Crippen molar-refractivity contribution >= 4 is 17.2 Å². The molecule has 3 aromatic rings. The minimum Gasteiger partial charge on any atom is -0.193 e. The van der Waals surface area contributed by atoms with Gasteiger partial charge in [0, 0.05) is 6.08 Å². The molecule has 0 aliphatic heterocycles. The van der Waals surface area contributed by atoms with E-state index in [1.807, 2.05) is 6.08 Å². The summed E-state index contributed by atoms with van der Waals surface area (Å²) in [6, 6.07) is 30.1. The molecule has 0 saturated carbocycles. The van der Waals surface area contributed by atoms with Gasteiger partial charge in [-0.05, 0) is 64.3 Å². The fourth-order valence-corrected chi connectivity index (χ4v) is 3.88. The van der Waals surface area contributed by atoms with E-state index >= 15 is 0 Å². The van der Waals surface area contributed by atoms with Gasteiger partial charge in [-0.2, -0.15) is 5.26 Å². The summed E-state index contributed by atoms with van der Waals surface area (Å²) >= 11 is 0. The molecule has 1 heteroatoms. The average molecular weight is 347 g/mol. The zero-order valence-corrected chi connectivity index (χ0v) is 15.2. The number of hydrogen-bond donors (Lipinski definition) is 0. The second kappa shape index (κ2) is 7.89. The standard InChI is InChI=1S/C26H21N/c27-19-7-8-20-15-17-23(18-16-20)26-24-13-5-4-11-22(24)12-6-14-25(26)21-9-2-1-3-10-21/h1-5,7-11,13,15-18H,6,12,14H2/b8-7+. The molecule has 0 aromatic heterocycles. The molecular weight excluding hydrogens is 326 g/mol. The molecule has 0 radical (unpaired) electrons. The maximum absolute atomic E-state index is 8.74. The first kappa shape index (κ1) is 17.1. The summed E-state index contributed by atoms with van der Waals surface area (Å²) in [4.78, 5) is 0. The highest BCUT2D eigenvalue weighted by molar-refractivity contribution is 5.99. The summed E-state index contributed by atoms with van der Waals surface area (Å²) in [7, 11) is 0. The van der Waals surface area contributed by atoms with Gasteiger partial charge in [-0.25, -0.2) is 0 Å². The first-order valence-electron chi connectivity index (χ1n) is 9.40. The lowest BCUT2D eigenvalue weighted by Gasteiger charge is -2.16. The van der Waals surface area contributed by atoms with E-state index in [0.717, 1.165) is 24.8 Å². The molecule has 0 amide bonds. The molecular formula is C26H21N. The molecule has 0 atom stereocenters. The number of benzene rings is 3. The van der Waals surface area contributed by atoms with Gasteiger partial charge in [0.25, 0.3) is 0 Å². The minimum atomic E-state index is 1.05. The molecule has 130 valence electrons. The van der Waals surface area contributed by atoms with Crippen molar-refractivity contribution in [3.05, 3.63) is 113 Å². The van der Waals surface area contributed by atoms with E-state index in [-0.39, 0.29) is 0 Å². The van der Waals surface area contributed by atoms with E-state index in [1.165, 1.54) is 39.5 Å². The molecule has 0 unspecified atom stereocenters. The summed E-state index contributed by atoms with van der Waals surface area (Å²) in [5, 5.41) is 8.74. The highest BCUT2D eigenvalue weighted by Crippen LogP contribution is 2.39. The Hall–Kier alpha value is -3.37. The summed E-state index contributed by atoms with van der Waals surface area (Å²) in [6.45, 7) is 0. The molecule has 1 aliphatic carbocycles. The number of aryl methyl sites for hydroxylation is 1. The van der Waals surface area contributed by atoms with Crippen LogP contribution in [0.15, 0.2) is 84.9 Å². The number of nitrogens with zero attached hydrogens (tertiary/aromatic N) is 1. The van der Waals surface area contributed by atoms with E-state index in [2.05, 4.69) is 84.9 Å². The van der Waals surface area contributed by atoms with Crippen molar-refractivity contribution in [3.63, 3.8) is 0 Å². The average Bonchev–Trinajstić information content (AvgIpc) is 2.93. The van der Waals surface area contributed by atoms with Crippen LogP contribution in [0.5, 0.6) is 0 Å². The maximum atomic E-state index is 8.74. The first-order valence-corrected chi connectivity index (χ1v) is 9.40. The fraction of sp³-hybridized carbons (Fsp3) is 0.115. The Kier molecular flexibility index (Phi) is 4.99. The van der Waals surface area contributed by atoms with Gasteiger partial charge in [0.2, 0.25) is 0 Å². The number of fused-ring (bicyclic) bond motifs is 1. The smallest absolute Gasteiger partial charge is 0.0912 e. The fourth-order valence-electron chi connectivity index (χ4n) is 3.88. The second-order valence-electron chi connectivity index (χ2n) is 6.81. The van der Waals surface area contributed by atoms with Gasteiger partial charge >= 0.3 is 0 Å². The molecule has 27 heavy (non-hydrogen) atoms. The molecule has 0 fully saturated rings. The van der Waals surface area contributed by atoms with Gasteiger partial charge in [0.15, 0.2) is 0 Å². The summed E-state index contributed by atoms with van der Waals surface area (Å²) in [5.41, 5.74) is 9.10. The molecule has 0 heterocycles. The van der Waals surface area contributed by atoms with E-state index < -0.39 is 0 Å². The number of hydrogen-bond acceptors (Lipinski definition) is 1. The highest BCUT2D eigenvalue weighted by atomic mass is 14.2. The Morgan fingerprint density at radius 3 is 2.26 bits per heavy atom. The van der Waals surface area contributed by atoms with Crippen LogP contribution in [-0.2, 0) is 6.42 Å². The molecule has 0 N–H and O–H groups in total. The second-order valence-corrected chi connectivity index (χ2v) is 6.81. The van der Waals surface area contributed by atoms with Gasteiger partial charge in [0.1, 0.15) is 0 Å². The maximum Gasteiger partial charge on any atom is 0.0912 e. The number of nitriles is 1. The Balaban J connectivity index is 1.91. The van der Waals surface area contributed by atoms with Gasteiger partial charge in [-0.1, -0.05) is 78.9 Å². The van der Waals surface area contributed by atoms with Crippen LogP contribution in [0.1, 0.15) is 40.7 Å². The van der Waals surface area contributed by atoms with Gasteiger partial charge in [0.05, 0.1) is 6.07 Å². The van der Waals surface area contributed by atoms with E-state index in [0.29, 0.717) is 0 Å².